The number of hydrogen-bond donors (Lipinski definition) is 2. The standard InChI is InChI=1S/C20H28N4O2S/c1-13-6-5-7-17(15(13)3)22-20-11-10-18(23-24-20)16-9-8-14(2)19(12-16)27(25,26)21-4/h8-13,15,17,21H,5-7H2,1-4H3,(H,22,24)/t13-,15-,17+/m0/s1. The zero-order valence-electron chi connectivity index (χ0n) is 16.4. The zero-order valence-corrected chi connectivity index (χ0v) is 17.2. The Balaban J connectivity index is 1.81. The Kier molecular flexibility index (Phi) is 5.81. The summed E-state index contributed by atoms with van der Waals surface area (Å²) in [6.45, 7) is 6.37. The molecule has 1 aromatic carbocycles. The Morgan fingerprint density at radius 2 is 1.85 bits per heavy atom. The van der Waals surface area contributed by atoms with Gasteiger partial charge in [-0.05, 0) is 56.0 Å². The molecule has 6 nitrogen and oxygen atoms in total. The smallest absolute Gasteiger partial charge is 0.240 e. The summed E-state index contributed by atoms with van der Waals surface area (Å²) in [5, 5.41) is 12.1. The summed E-state index contributed by atoms with van der Waals surface area (Å²) in [6, 6.07) is 9.52. The quantitative estimate of drug-likeness (QED) is 0.818. The summed E-state index contributed by atoms with van der Waals surface area (Å²) < 4.78 is 26.7. The molecular weight excluding hydrogens is 360 g/mol. The first-order chi connectivity index (χ1) is 12.8. The van der Waals surface area contributed by atoms with Gasteiger partial charge in [-0.1, -0.05) is 38.8 Å². The molecule has 27 heavy (non-hydrogen) atoms. The van der Waals surface area contributed by atoms with Crippen LogP contribution in [0, 0.1) is 18.8 Å². The van der Waals surface area contributed by atoms with E-state index in [1.54, 1.807) is 19.1 Å². The predicted octanol–water partition coefficient (Wildman–Crippen LogP) is 3.60. The Morgan fingerprint density at radius 3 is 2.52 bits per heavy atom. The van der Waals surface area contributed by atoms with E-state index >= 15 is 0 Å². The van der Waals surface area contributed by atoms with E-state index in [4.69, 9.17) is 0 Å². The summed E-state index contributed by atoms with van der Waals surface area (Å²) in [4.78, 5) is 0.261. The second kappa shape index (κ2) is 7.94. The summed E-state index contributed by atoms with van der Waals surface area (Å²) in [6.07, 6.45) is 3.67. The third-order valence-electron chi connectivity index (χ3n) is 5.75. The van der Waals surface area contributed by atoms with Gasteiger partial charge in [0.1, 0.15) is 5.82 Å². The van der Waals surface area contributed by atoms with Gasteiger partial charge in [-0.2, -0.15) is 0 Å². The van der Waals surface area contributed by atoms with Crippen LogP contribution < -0.4 is 10.0 Å². The molecule has 0 unspecified atom stereocenters. The second-order valence-electron chi connectivity index (χ2n) is 7.51. The van der Waals surface area contributed by atoms with Gasteiger partial charge in [-0.15, -0.1) is 10.2 Å². The first-order valence-electron chi connectivity index (χ1n) is 9.46. The van der Waals surface area contributed by atoms with Crippen LogP contribution in [0.2, 0.25) is 0 Å². The summed E-state index contributed by atoms with van der Waals surface area (Å²) in [7, 11) is -2.10. The Hall–Kier alpha value is -1.99. The lowest BCUT2D eigenvalue weighted by Crippen LogP contribution is -2.35. The fraction of sp³-hybridized carbons (Fsp3) is 0.500. The van der Waals surface area contributed by atoms with Crippen LogP contribution in [-0.2, 0) is 10.0 Å². The fourth-order valence-electron chi connectivity index (χ4n) is 3.70. The average molecular weight is 389 g/mol. The first kappa shape index (κ1) is 19.8. The number of rotatable bonds is 5. The highest BCUT2D eigenvalue weighted by Crippen LogP contribution is 2.31. The van der Waals surface area contributed by atoms with Gasteiger partial charge >= 0.3 is 0 Å². The zero-order chi connectivity index (χ0) is 19.6. The van der Waals surface area contributed by atoms with Gasteiger partial charge in [0, 0.05) is 11.6 Å². The van der Waals surface area contributed by atoms with Crippen molar-refractivity contribution in [1.29, 1.82) is 0 Å². The molecule has 0 bridgehead atoms. The maximum Gasteiger partial charge on any atom is 0.240 e. The Labute approximate surface area is 161 Å². The summed E-state index contributed by atoms with van der Waals surface area (Å²) in [5.41, 5.74) is 2.08. The third-order valence-corrected chi connectivity index (χ3v) is 7.30. The molecule has 1 aromatic heterocycles. The van der Waals surface area contributed by atoms with E-state index in [0.29, 0.717) is 29.1 Å². The number of anilines is 1. The second-order valence-corrected chi connectivity index (χ2v) is 9.36. The normalized spacial score (nSPS) is 23.2. The molecule has 0 spiro atoms. The van der Waals surface area contributed by atoms with Crippen LogP contribution in [0.3, 0.4) is 0 Å². The molecule has 2 N–H and O–H groups in total. The van der Waals surface area contributed by atoms with E-state index in [2.05, 4.69) is 34.1 Å². The molecule has 146 valence electrons. The lowest BCUT2D eigenvalue weighted by atomic mass is 9.78. The minimum atomic E-state index is -3.51. The number of nitrogens with one attached hydrogen (secondary N) is 2. The molecule has 1 aliphatic rings. The third kappa shape index (κ3) is 4.30. The molecule has 0 saturated heterocycles. The molecular formula is C20H28N4O2S. The fourth-order valence-corrected chi connectivity index (χ4v) is 4.69. The van der Waals surface area contributed by atoms with Crippen molar-refractivity contribution in [3.8, 4) is 11.3 Å². The SMILES string of the molecule is CNS(=O)(=O)c1cc(-c2ccc(N[C@@H]3CCC[C@H](C)[C@@H]3C)nn2)ccc1C. The molecule has 1 aliphatic carbocycles. The van der Waals surface area contributed by atoms with E-state index < -0.39 is 10.0 Å². The summed E-state index contributed by atoms with van der Waals surface area (Å²) in [5.74, 6) is 2.08. The molecule has 7 heteroatoms. The lowest BCUT2D eigenvalue weighted by molar-refractivity contribution is 0.253. The van der Waals surface area contributed by atoms with Crippen LogP contribution in [0.15, 0.2) is 35.2 Å². The van der Waals surface area contributed by atoms with Gasteiger partial charge in [0.25, 0.3) is 0 Å². The van der Waals surface area contributed by atoms with E-state index in [9.17, 15) is 8.42 Å². The van der Waals surface area contributed by atoms with Gasteiger partial charge in [-0.3, -0.25) is 0 Å². The van der Waals surface area contributed by atoms with Gasteiger partial charge in [-0.25, -0.2) is 13.1 Å². The van der Waals surface area contributed by atoms with Crippen molar-refractivity contribution in [2.24, 2.45) is 11.8 Å². The first-order valence-corrected chi connectivity index (χ1v) is 10.9. The number of hydrogen-bond acceptors (Lipinski definition) is 5. The van der Waals surface area contributed by atoms with Crippen molar-refractivity contribution >= 4 is 15.8 Å². The van der Waals surface area contributed by atoms with Crippen molar-refractivity contribution in [2.75, 3.05) is 12.4 Å². The lowest BCUT2D eigenvalue weighted by Gasteiger charge is -2.34. The number of benzene rings is 1. The van der Waals surface area contributed by atoms with Crippen LogP contribution in [-0.4, -0.2) is 31.7 Å². The molecule has 1 heterocycles. The van der Waals surface area contributed by atoms with Crippen LogP contribution in [0.4, 0.5) is 5.82 Å². The highest BCUT2D eigenvalue weighted by atomic mass is 32.2. The van der Waals surface area contributed by atoms with Gasteiger partial charge in [0.15, 0.2) is 0 Å². The Bertz CT molecular complexity index is 897. The van der Waals surface area contributed by atoms with Crippen molar-refractivity contribution in [1.82, 2.24) is 14.9 Å². The van der Waals surface area contributed by atoms with E-state index in [1.807, 2.05) is 18.2 Å². The van der Waals surface area contributed by atoms with Crippen LogP contribution in [0.25, 0.3) is 11.3 Å². The minimum absolute atomic E-state index is 0.261. The summed E-state index contributed by atoms with van der Waals surface area (Å²) >= 11 is 0. The number of aromatic nitrogens is 2. The van der Waals surface area contributed by atoms with E-state index in [-0.39, 0.29) is 4.90 Å². The van der Waals surface area contributed by atoms with Crippen LogP contribution >= 0.6 is 0 Å². The topological polar surface area (TPSA) is 84.0 Å². The minimum Gasteiger partial charge on any atom is -0.366 e. The van der Waals surface area contributed by atoms with E-state index in [1.165, 1.54) is 19.9 Å². The van der Waals surface area contributed by atoms with E-state index in [0.717, 1.165) is 17.8 Å². The molecule has 2 aromatic rings. The molecule has 3 rings (SSSR count). The van der Waals surface area contributed by atoms with Gasteiger partial charge in [0.05, 0.1) is 10.6 Å². The highest BCUT2D eigenvalue weighted by Gasteiger charge is 2.27. The van der Waals surface area contributed by atoms with Crippen LogP contribution in [0.1, 0.15) is 38.7 Å². The number of sulfonamides is 1. The molecule has 0 radical (unpaired) electrons. The van der Waals surface area contributed by atoms with Gasteiger partial charge < -0.3 is 5.32 Å². The largest absolute Gasteiger partial charge is 0.366 e. The molecule has 0 aliphatic heterocycles. The maximum absolute atomic E-state index is 12.2. The van der Waals surface area contributed by atoms with Crippen molar-refractivity contribution in [3.63, 3.8) is 0 Å². The molecule has 1 saturated carbocycles. The van der Waals surface area contributed by atoms with Crippen molar-refractivity contribution < 1.29 is 8.42 Å². The Morgan fingerprint density at radius 1 is 1.07 bits per heavy atom. The average Bonchev–Trinajstić information content (AvgIpc) is 2.66. The maximum atomic E-state index is 12.2. The number of nitrogens with zero attached hydrogens (tertiary/aromatic N) is 2. The van der Waals surface area contributed by atoms with Crippen molar-refractivity contribution in [2.45, 2.75) is 51.0 Å². The molecule has 3 atom stereocenters. The molecule has 1 fully saturated rings. The number of aryl methyl sites for hydroxylation is 1. The predicted molar refractivity (Wildman–Crippen MR) is 108 cm³/mol. The monoisotopic (exact) mass is 388 g/mol. The molecule has 0 amide bonds. The van der Waals surface area contributed by atoms with Crippen molar-refractivity contribution in [3.05, 3.63) is 35.9 Å². The van der Waals surface area contributed by atoms with Gasteiger partial charge in [0.2, 0.25) is 10.0 Å². The van der Waals surface area contributed by atoms with Crippen LogP contribution in [0.5, 0.6) is 0 Å². The highest BCUT2D eigenvalue weighted by molar-refractivity contribution is 7.89.